The molecule has 0 radical (unpaired) electrons. The van der Waals surface area contributed by atoms with E-state index in [-0.39, 0.29) is 0 Å². The van der Waals surface area contributed by atoms with Gasteiger partial charge in [0.25, 0.3) is 0 Å². The summed E-state index contributed by atoms with van der Waals surface area (Å²) in [6.07, 6.45) is 3.76. The van der Waals surface area contributed by atoms with E-state index in [1.807, 2.05) is 0 Å². The van der Waals surface area contributed by atoms with Crippen LogP contribution in [0.1, 0.15) is 31.7 Å². The van der Waals surface area contributed by atoms with Crippen molar-refractivity contribution in [1.29, 1.82) is 0 Å². The molecule has 21 heavy (non-hydrogen) atoms. The molecule has 0 amide bonds. The summed E-state index contributed by atoms with van der Waals surface area (Å²) in [6.45, 7) is 6.62. The van der Waals surface area contributed by atoms with Crippen molar-refractivity contribution in [3.63, 3.8) is 0 Å². The predicted molar refractivity (Wildman–Crippen MR) is 95.1 cm³/mol. The number of nitrogens with one attached hydrogen (secondary N) is 1. The molecule has 1 aromatic rings. The van der Waals surface area contributed by atoms with Crippen molar-refractivity contribution in [2.75, 3.05) is 38.6 Å². The molecule has 2 rings (SSSR count). The number of nitrogens with zero attached hydrogens (tertiary/aromatic N) is 2. The highest BCUT2D eigenvalue weighted by atomic mass is 79.9. The van der Waals surface area contributed by atoms with Gasteiger partial charge in [0.15, 0.2) is 0 Å². The van der Waals surface area contributed by atoms with Gasteiger partial charge in [-0.25, -0.2) is 0 Å². The predicted octanol–water partition coefficient (Wildman–Crippen LogP) is 3.48. The normalized spacial score (nSPS) is 19.7. The maximum atomic E-state index is 3.62. The van der Waals surface area contributed by atoms with Crippen LogP contribution in [0.5, 0.6) is 0 Å². The zero-order valence-corrected chi connectivity index (χ0v) is 15.1. The van der Waals surface area contributed by atoms with Crippen molar-refractivity contribution in [3.05, 3.63) is 28.2 Å². The highest BCUT2D eigenvalue weighted by Crippen LogP contribution is 2.28. The highest BCUT2D eigenvalue weighted by molar-refractivity contribution is 9.10. The van der Waals surface area contributed by atoms with E-state index in [2.05, 4.69) is 70.3 Å². The zero-order chi connectivity index (χ0) is 15.2. The molecule has 118 valence electrons. The molecule has 1 aliphatic rings. The number of hydrogen-bond acceptors (Lipinski definition) is 3. The third-order valence-corrected chi connectivity index (χ3v) is 4.81. The van der Waals surface area contributed by atoms with Crippen molar-refractivity contribution in [2.24, 2.45) is 0 Å². The summed E-state index contributed by atoms with van der Waals surface area (Å²) in [5.41, 5.74) is 2.75. The lowest BCUT2D eigenvalue weighted by molar-refractivity contribution is 0.248. The maximum absolute atomic E-state index is 3.62. The van der Waals surface area contributed by atoms with Gasteiger partial charge in [-0.3, -0.25) is 0 Å². The molecule has 1 N–H and O–H groups in total. The van der Waals surface area contributed by atoms with Gasteiger partial charge < -0.3 is 15.1 Å². The van der Waals surface area contributed by atoms with Crippen molar-refractivity contribution < 1.29 is 0 Å². The Morgan fingerprint density at radius 1 is 1.43 bits per heavy atom. The quantitative estimate of drug-likeness (QED) is 0.789. The molecule has 1 atom stereocenters. The Balaban J connectivity index is 2.13. The first-order valence-corrected chi connectivity index (χ1v) is 8.81. The minimum atomic E-state index is 0.614. The molecular formula is C17H28BrN3. The van der Waals surface area contributed by atoms with Crippen LogP contribution in [0, 0.1) is 0 Å². The van der Waals surface area contributed by atoms with Gasteiger partial charge in [0, 0.05) is 36.3 Å². The van der Waals surface area contributed by atoms with Gasteiger partial charge >= 0.3 is 0 Å². The molecule has 0 aromatic heterocycles. The largest absolute Gasteiger partial charge is 0.370 e. The van der Waals surface area contributed by atoms with Crippen LogP contribution in [0.15, 0.2) is 22.7 Å². The Kier molecular flexibility index (Phi) is 6.52. The smallest absolute Gasteiger partial charge is 0.0423 e. The Morgan fingerprint density at radius 3 is 2.95 bits per heavy atom. The minimum Gasteiger partial charge on any atom is -0.370 e. The second-order valence-corrected chi connectivity index (χ2v) is 7.03. The van der Waals surface area contributed by atoms with Crippen LogP contribution < -0.4 is 10.2 Å². The Morgan fingerprint density at radius 2 is 2.24 bits per heavy atom. The number of benzene rings is 1. The number of likely N-dealkylation sites (N-methyl/N-ethyl adjacent to an activating group) is 2. The van der Waals surface area contributed by atoms with Gasteiger partial charge in [-0.1, -0.05) is 28.9 Å². The molecule has 4 heteroatoms. The lowest BCUT2D eigenvalue weighted by atomic mass is 10.0. The van der Waals surface area contributed by atoms with Crippen LogP contribution in [0.3, 0.4) is 0 Å². The average Bonchev–Trinajstić information content (AvgIpc) is 2.48. The second-order valence-electron chi connectivity index (χ2n) is 6.12. The number of halogens is 1. The molecule has 0 bridgehead atoms. The summed E-state index contributed by atoms with van der Waals surface area (Å²) >= 11 is 3.62. The molecule has 0 saturated carbocycles. The summed E-state index contributed by atoms with van der Waals surface area (Å²) in [7, 11) is 4.47. The number of anilines is 1. The van der Waals surface area contributed by atoms with Crippen molar-refractivity contribution in [1.82, 2.24) is 10.2 Å². The van der Waals surface area contributed by atoms with E-state index in [1.54, 1.807) is 0 Å². The third kappa shape index (κ3) is 4.70. The standard InChI is InChI=1S/C17H28BrN3/c1-4-9-19-12-14-7-8-15(18)11-17(14)21(3)16-6-5-10-20(2)13-16/h7-8,11,16,19H,4-6,9-10,12-13H2,1-3H3. The first kappa shape index (κ1) is 16.8. The van der Waals surface area contributed by atoms with E-state index in [1.165, 1.54) is 37.1 Å². The summed E-state index contributed by atoms with van der Waals surface area (Å²) in [4.78, 5) is 4.92. The third-order valence-electron chi connectivity index (χ3n) is 4.32. The fraction of sp³-hybridized carbons (Fsp3) is 0.647. The topological polar surface area (TPSA) is 18.5 Å². The van der Waals surface area contributed by atoms with Crippen LogP contribution in [0.25, 0.3) is 0 Å². The van der Waals surface area contributed by atoms with Crippen molar-refractivity contribution >= 4 is 21.6 Å². The van der Waals surface area contributed by atoms with Crippen LogP contribution in [0.2, 0.25) is 0 Å². The summed E-state index contributed by atoms with van der Waals surface area (Å²) < 4.78 is 1.16. The van der Waals surface area contributed by atoms with Gasteiger partial charge in [0.05, 0.1) is 0 Å². The van der Waals surface area contributed by atoms with E-state index in [0.29, 0.717) is 6.04 Å². The number of hydrogen-bond donors (Lipinski definition) is 1. The van der Waals surface area contributed by atoms with Crippen LogP contribution in [-0.2, 0) is 6.54 Å². The van der Waals surface area contributed by atoms with E-state index in [4.69, 9.17) is 0 Å². The fourth-order valence-electron chi connectivity index (χ4n) is 3.07. The number of likely N-dealkylation sites (tertiary alicyclic amines) is 1. The summed E-state index contributed by atoms with van der Waals surface area (Å²) in [6, 6.07) is 7.26. The monoisotopic (exact) mass is 353 g/mol. The van der Waals surface area contributed by atoms with Crippen LogP contribution >= 0.6 is 15.9 Å². The second kappa shape index (κ2) is 8.16. The van der Waals surface area contributed by atoms with E-state index < -0.39 is 0 Å². The summed E-state index contributed by atoms with van der Waals surface area (Å²) in [5, 5.41) is 3.53. The lowest BCUT2D eigenvalue weighted by Gasteiger charge is -2.38. The molecule has 1 heterocycles. The minimum absolute atomic E-state index is 0.614. The molecule has 1 aromatic carbocycles. The molecule has 0 spiro atoms. The number of piperidine rings is 1. The van der Waals surface area contributed by atoms with Crippen molar-refractivity contribution in [3.8, 4) is 0 Å². The van der Waals surface area contributed by atoms with Crippen molar-refractivity contribution in [2.45, 2.75) is 38.8 Å². The molecule has 3 nitrogen and oxygen atoms in total. The Bertz CT molecular complexity index is 450. The van der Waals surface area contributed by atoms with Gasteiger partial charge in [-0.15, -0.1) is 0 Å². The molecule has 0 aliphatic carbocycles. The van der Waals surface area contributed by atoms with Gasteiger partial charge in [-0.2, -0.15) is 0 Å². The van der Waals surface area contributed by atoms with Gasteiger partial charge in [0.2, 0.25) is 0 Å². The Hall–Kier alpha value is -0.580. The fourth-order valence-corrected chi connectivity index (χ4v) is 3.42. The van der Waals surface area contributed by atoms with E-state index in [0.717, 1.165) is 24.1 Å². The molecule has 1 unspecified atom stereocenters. The molecular weight excluding hydrogens is 326 g/mol. The zero-order valence-electron chi connectivity index (χ0n) is 13.5. The SMILES string of the molecule is CCCNCc1ccc(Br)cc1N(C)C1CCCN(C)C1. The number of rotatable bonds is 6. The van der Waals surface area contributed by atoms with Crippen LogP contribution in [-0.4, -0.2) is 44.7 Å². The molecule has 1 fully saturated rings. The van der Waals surface area contributed by atoms with E-state index >= 15 is 0 Å². The van der Waals surface area contributed by atoms with Gasteiger partial charge in [0.1, 0.15) is 0 Å². The van der Waals surface area contributed by atoms with E-state index in [9.17, 15) is 0 Å². The molecule has 1 aliphatic heterocycles. The highest BCUT2D eigenvalue weighted by Gasteiger charge is 2.22. The average molecular weight is 354 g/mol. The van der Waals surface area contributed by atoms with Gasteiger partial charge in [-0.05, 0) is 57.1 Å². The summed E-state index contributed by atoms with van der Waals surface area (Å²) in [5.74, 6) is 0. The first-order chi connectivity index (χ1) is 10.1. The first-order valence-electron chi connectivity index (χ1n) is 8.02. The maximum Gasteiger partial charge on any atom is 0.0423 e. The lowest BCUT2D eigenvalue weighted by Crippen LogP contribution is -2.45. The molecule has 1 saturated heterocycles. The van der Waals surface area contributed by atoms with Crippen LogP contribution in [0.4, 0.5) is 5.69 Å². The Labute approximate surface area is 137 Å².